The van der Waals surface area contributed by atoms with Gasteiger partial charge in [-0.25, -0.2) is 9.13 Å². The molecule has 6 heteroatoms. The maximum atomic E-state index is 13.2. The van der Waals surface area contributed by atoms with Gasteiger partial charge in [0, 0.05) is 24.3 Å². The molecule has 5 nitrogen and oxygen atoms in total. The second-order valence-electron chi connectivity index (χ2n) is 17.1. The molecule has 3 aromatic rings. The summed E-state index contributed by atoms with van der Waals surface area (Å²) in [6.45, 7) is 11.3. The molecule has 0 unspecified atom stereocenters. The molecule has 6 aliphatic rings. The van der Waals surface area contributed by atoms with Gasteiger partial charge < -0.3 is 26.5 Å². The Morgan fingerprint density at radius 3 is 2.54 bits per heavy atom. The molecule has 2 aliphatic heterocycles. The van der Waals surface area contributed by atoms with Crippen molar-refractivity contribution < 1.29 is 35.8 Å². The van der Waals surface area contributed by atoms with E-state index in [4.69, 9.17) is 9.47 Å². The van der Waals surface area contributed by atoms with Gasteiger partial charge in [0.05, 0.1) is 12.7 Å². The molecule has 0 N–H and O–H groups in total. The fourth-order valence-electron chi connectivity index (χ4n) is 12.4. The van der Waals surface area contributed by atoms with Crippen LogP contribution in [0.5, 0.6) is 0 Å². The summed E-state index contributed by atoms with van der Waals surface area (Å²) in [4.78, 5) is 13.2. The minimum atomic E-state index is -0.327. The topological polar surface area (TPSA) is 44.3 Å². The van der Waals surface area contributed by atoms with E-state index in [1.807, 2.05) is 30.3 Å². The zero-order chi connectivity index (χ0) is 32.1. The molecule has 1 spiro atoms. The Balaban J connectivity index is 0.00000336. The van der Waals surface area contributed by atoms with Crippen LogP contribution in [-0.4, -0.2) is 28.8 Å². The summed E-state index contributed by atoms with van der Waals surface area (Å²) in [5.41, 5.74) is 5.51. The first-order valence-electron chi connectivity index (χ1n) is 18.8. The van der Waals surface area contributed by atoms with Gasteiger partial charge in [0.2, 0.25) is 12.1 Å². The van der Waals surface area contributed by atoms with E-state index in [9.17, 15) is 4.79 Å². The highest BCUT2D eigenvalue weighted by molar-refractivity contribution is 5.95. The van der Waals surface area contributed by atoms with Crippen molar-refractivity contribution in [2.24, 2.45) is 46.3 Å². The molecule has 2 saturated heterocycles. The maximum absolute atomic E-state index is 13.2. The van der Waals surface area contributed by atoms with Crippen LogP contribution in [0.4, 0.5) is 0 Å². The lowest BCUT2D eigenvalue weighted by Crippen LogP contribution is -3.00. The van der Waals surface area contributed by atoms with Gasteiger partial charge in [-0.15, -0.1) is 0 Å². The smallest absolute Gasteiger partial charge is 0.245 e. The van der Waals surface area contributed by atoms with Crippen LogP contribution in [0.25, 0.3) is 11.0 Å². The number of hydrogen-bond donors (Lipinski definition) is 0. The van der Waals surface area contributed by atoms with E-state index in [0.717, 1.165) is 48.3 Å². The Labute approximate surface area is 297 Å². The van der Waals surface area contributed by atoms with Gasteiger partial charge in [-0.1, -0.05) is 81.8 Å². The highest BCUT2D eigenvalue weighted by Crippen LogP contribution is 2.71. The van der Waals surface area contributed by atoms with Gasteiger partial charge in [-0.05, 0) is 97.5 Å². The van der Waals surface area contributed by atoms with Gasteiger partial charge in [-0.2, -0.15) is 0 Å². The molecule has 3 saturated carbocycles. The molecule has 0 amide bonds. The highest BCUT2D eigenvalue weighted by Gasteiger charge is 2.68. The quantitative estimate of drug-likeness (QED) is 0.198. The number of rotatable bonds is 4. The first-order chi connectivity index (χ1) is 22.7. The molecule has 4 aliphatic carbocycles. The average Bonchev–Trinajstić information content (AvgIpc) is 3.69. The molecule has 5 fully saturated rings. The van der Waals surface area contributed by atoms with Crippen molar-refractivity contribution >= 4 is 16.8 Å². The second-order valence-corrected chi connectivity index (χ2v) is 17.1. The number of nitrogens with zero attached hydrogens (tertiary/aromatic N) is 2. The summed E-state index contributed by atoms with van der Waals surface area (Å²) in [7, 11) is 0. The number of halogens is 1. The number of aromatic nitrogens is 2. The van der Waals surface area contributed by atoms with Crippen LogP contribution in [0.3, 0.4) is 0 Å². The lowest BCUT2D eigenvalue weighted by molar-refractivity contribution is -0.658. The predicted molar refractivity (Wildman–Crippen MR) is 184 cm³/mol. The largest absolute Gasteiger partial charge is 1.00 e. The number of carbonyl (C=O) groups is 1. The number of benzene rings is 2. The van der Waals surface area contributed by atoms with Crippen LogP contribution in [0.2, 0.25) is 0 Å². The molecule has 2 aromatic carbocycles. The van der Waals surface area contributed by atoms with Crippen molar-refractivity contribution in [2.45, 2.75) is 110 Å². The average molecular weight is 714 g/mol. The standard InChI is InChI=1S/C42H53N2O3.BrH/c1-27-16-21-42(46-25-27)28(2)39-38(47-42)23-34-32-15-14-30-22-31(17-19-40(30,3)33(32)18-20-41(34,39)4)44-26-43(35-12-8-9-13-36(35)44)24-37(45)29-10-6-5-7-11-29;/h5-14,26-28,31-34,38-39H,15-25H2,1-4H3;1H/q+1;/p-1/t27-,28+,31-,32-,33+,34+,38+,39+,40+,41+,42-;/m1./s1. The first kappa shape index (κ1) is 32.9. The van der Waals surface area contributed by atoms with Gasteiger partial charge in [0.15, 0.2) is 23.4 Å². The molecule has 9 rings (SSSR count). The molecular formula is C42H53BrN2O3. The molecule has 11 atom stereocenters. The number of para-hydroxylation sites is 2. The lowest BCUT2D eigenvalue weighted by Gasteiger charge is -2.58. The van der Waals surface area contributed by atoms with Crippen LogP contribution in [0, 0.1) is 46.3 Å². The lowest BCUT2D eigenvalue weighted by atomic mass is 9.46. The fraction of sp³-hybridized carbons (Fsp3) is 0.619. The zero-order valence-electron chi connectivity index (χ0n) is 29.2. The van der Waals surface area contributed by atoms with Gasteiger partial charge in [0.1, 0.15) is 6.04 Å². The molecule has 0 bridgehead atoms. The number of ketones is 1. The number of carbonyl (C=O) groups excluding carboxylic acids is 1. The Morgan fingerprint density at radius 1 is 0.958 bits per heavy atom. The SMILES string of the molecule is C[C@@H]1CC[C@@]2(OC1)O[C@H]1C[C@H]3[C@@H]4CC=C5C[C@H](n6c[n+](CC(=O)c7ccccc7)c7ccccc76)CC[C@]5(C)[C@H]4CC[C@]3(C)[C@H]1[C@@H]2C.[Br-]. The van der Waals surface area contributed by atoms with Crippen LogP contribution in [0.1, 0.15) is 102 Å². The van der Waals surface area contributed by atoms with E-state index in [-0.39, 0.29) is 34.0 Å². The Morgan fingerprint density at radius 2 is 1.75 bits per heavy atom. The minimum Gasteiger partial charge on any atom is -1.00 e. The van der Waals surface area contributed by atoms with Crippen LogP contribution >= 0.6 is 0 Å². The van der Waals surface area contributed by atoms with E-state index in [1.165, 1.54) is 50.5 Å². The predicted octanol–water partition coefficient (Wildman–Crippen LogP) is 5.72. The van der Waals surface area contributed by atoms with Crippen LogP contribution in [0.15, 0.2) is 72.6 Å². The number of imidazole rings is 1. The number of ether oxygens (including phenoxy) is 2. The van der Waals surface area contributed by atoms with E-state index in [1.54, 1.807) is 5.57 Å². The Bertz CT molecular complexity index is 1720. The summed E-state index contributed by atoms with van der Waals surface area (Å²) in [6, 6.07) is 18.8. The van der Waals surface area contributed by atoms with E-state index >= 15 is 0 Å². The second kappa shape index (κ2) is 11.9. The Hall–Kier alpha value is -2.28. The minimum absolute atomic E-state index is 0. The van der Waals surface area contributed by atoms with Gasteiger partial charge in [-0.3, -0.25) is 4.79 Å². The van der Waals surface area contributed by atoms with Crippen LogP contribution < -0.4 is 21.5 Å². The van der Waals surface area contributed by atoms with Crippen molar-refractivity contribution in [1.82, 2.24) is 4.57 Å². The molecular weight excluding hydrogens is 660 g/mol. The maximum Gasteiger partial charge on any atom is 0.245 e. The summed E-state index contributed by atoms with van der Waals surface area (Å²) in [6.07, 6.45) is 16.3. The van der Waals surface area contributed by atoms with Gasteiger partial charge in [0.25, 0.3) is 0 Å². The van der Waals surface area contributed by atoms with Crippen molar-refractivity contribution in [3.8, 4) is 0 Å². The van der Waals surface area contributed by atoms with E-state index < -0.39 is 0 Å². The first-order valence-corrected chi connectivity index (χ1v) is 18.8. The molecule has 256 valence electrons. The van der Waals surface area contributed by atoms with Crippen molar-refractivity contribution in [3.05, 3.63) is 78.1 Å². The monoisotopic (exact) mass is 712 g/mol. The normalized spacial score (nSPS) is 41.5. The summed E-state index contributed by atoms with van der Waals surface area (Å²) < 4.78 is 18.3. The van der Waals surface area contributed by atoms with E-state index in [0.29, 0.717) is 41.9 Å². The number of hydrogen-bond acceptors (Lipinski definition) is 3. The molecule has 3 heterocycles. The number of allylic oxidation sites excluding steroid dienone is 2. The summed E-state index contributed by atoms with van der Waals surface area (Å²) >= 11 is 0. The molecule has 0 radical (unpaired) electrons. The fourth-order valence-corrected chi connectivity index (χ4v) is 12.4. The molecule has 48 heavy (non-hydrogen) atoms. The third kappa shape index (κ3) is 4.82. The van der Waals surface area contributed by atoms with Crippen molar-refractivity contribution in [2.75, 3.05) is 6.61 Å². The summed E-state index contributed by atoms with van der Waals surface area (Å²) in [5.74, 6) is 3.87. The number of Topliss-reactive ketones (excluding diaryl/α,β-unsaturated/α-hetero) is 1. The van der Waals surface area contributed by atoms with Crippen molar-refractivity contribution in [1.29, 1.82) is 0 Å². The highest BCUT2D eigenvalue weighted by atomic mass is 79.9. The zero-order valence-corrected chi connectivity index (χ0v) is 30.8. The third-order valence-corrected chi connectivity index (χ3v) is 14.9. The van der Waals surface area contributed by atoms with Crippen LogP contribution in [-0.2, 0) is 16.0 Å². The van der Waals surface area contributed by atoms with E-state index in [2.05, 4.69) is 73.5 Å². The summed E-state index contributed by atoms with van der Waals surface area (Å²) in [5, 5.41) is 0. The van der Waals surface area contributed by atoms with Crippen molar-refractivity contribution in [3.63, 3.8) is 0 Å². The molecule has 1 aromatic heterocycles. The third-order valence-electron chi connectivity index (χ3n) is 14.9. The van der Waals surface area contributed by atoms with Gasteiger partial charge >= 0.3 is 0 Å². The number of fused-ring (bicyclic) bond motifs is 8. The Kier molecular flexibility index (Phi) is 8.16.